The van der Waals surface area contributed by atoms with Crippen molar-refractivity contribution in [2.45, 2.75) is 254 Å². The molecule has 0 spiro atoms. The fraction of sp³-hybridized carbons (Fsp3) is 0.418. The number of pyridine rings is 8. The zero-order valence-corrected chi connectivity index (χ0v) is 79.1. The van der Waals surface area contributed by atoms with E-state index in [0.717, 1.165) is 150 Å². The first-order chi connectivity index (χ1) is 57.9. The van der Waals surface area contributed by atoms with Gasteiger partial charge in [-0.1, -0.05) is 201 Å². The van der Waals surface area contributed by atoms with Crippen LogP contribution in [0, 0.1) is 51.4 Å². The molecule has 0 atom stereocenters. The Morgan fingerprint density at radius 1 is 0.262 bits per heavy atom. The summed E-state index contributed by atoms with van der Waals surface area (Å²) in [7, 11) is 8.60. The van der Waals surface area contributed by atoms with Crippen LogP contribution in [0.2, 0.25) is 0 Å². The lowest BCUT2D eigenvalue weighted by atomic mass is 9.90. The lowest BCUT2D eigenvalue weighted by Crippen LogP contribution is -2.32. The Morgan fingerprint density at radius 3 is 0.770 bits per heavy atom. The highest BCUT2D eigenvalue weighted by atomic mass is 16.4. The number of aryl methyl sites for hydroxylation is 10. The van der Waals surface area contributed by atoms with E-state index in [1.54, 1.807) is 0 Å². The van der Waals surface area contributed by atoms with Crippen molar-refractivity contribution in [3.63, 3.8) is 0 Å². The minimum atomic E-state index is 0.374. The lowest BCUT2D eigenvalue weighted by Gasteiger charge is -2.15. The summed E-state index contributed by atoms with van der Waals surface area (Å²) in [6.07, 6.45) is 15.4. The Morgan fingerprint density at radius 2 is 0.508 bits per heavy atom. The monoisotopic (exact) mass is 1630 g/mol. The van der Waals surface area contributed by atoms with Gasteiger partial charge in [-0.25, -0.2) is 38.2 Å². The van der Waals surface area contributed by atoms with Gasteiger partial charge >= 0.3 is 0 Å². The fourth-order valence-corrected chi connectivity index (χ4v) is 18.1. The molecule has 0 radical (unpaired) electrons. The molecule has 636 valence electrons. The third kappa shape index (κ3) is 18.2. The van der Waals surface area contributed by atoms with Crippen molar-refractivity contribution in [1.29, 1.82) is 0 Å². The Kier molecular flexibility index (Phi) is 26.8. The summed E-state index contributed by atoms with van der Waals surface area (Å²) in [5, 5.41) is 8.90. The summed E-state index contributed by atoms with van der Waals surface area (Å²) >= 11 is 0. The number of rotatable bonds is 20. The van der Waals surface area contributed by atoms with Crippen LogP contribution in [0.15, 0.2) is 164 Å². The normalized spacial score (nSPS) is 12.1. The molecule has 4 aromatic carbocycles. The van der Waals surface area contributed by atoms with Gasteiger partial charge in [0.15, 0.2) is 47.1 Å². The van der Waals surface area contributed by atoms with Gasteiger partial charge in [0, 0.05) is 112 Å². The molecule has 16 aromatic rings. The maximum atomic E-state index is 6.44. The van der Waals surface area contributed by atoms with Crippen LogP contribution in [0.25, 0.3) is 133 Å². The van der Waals surface area contributed by atoms with E-state index in [9.17, 15) is 0 Å². The molecule has 122 heavy (non-hydrogen) atoms. The number of furan rings is 4. The van der Waals surface area contributed by atoms with Crippen LogP contribution in [-0.4, -0.2) is 19.9 Å². The van der Waals surface area contributed by atoms with Gasteiger partial charge < -0.3 is 17.7 Å². The van der Waals surface area contributed by atoms with Crippen molar-refractivity contribution in [2.75, 3.05) is 0 Å². The highest BCUT2D eigenvalue weighted by Crippen LogP contribution is 2.44. The van der Waals surface area contributed by atoms with Gasteiger partial charge in [-0.3, -0.25) is 0 Å². The van der Waals surface area contributed by atoms with Crippen molar-refractivity contribution in [2.24, 2.45) is 51.9 Å². The van der Waals surface area contributed by atoms with Crippen LogP contribution in [0.5, 0.6) is 0 Å². The molecule has 0 aliphatic rings. The molecule has 12 nitrogen and oxygen atoms in total. The second kappa shape index (κ2) is 36.8. The Balaban J connectivity index is 0.000000140. The smallest absolute Gasteiger partial charge is 0.227 e. The van der Waals surface area contributed by atoms with Crippen LogP contribution in [0.3, 0.4) is 0 Å². The number of nitrogens with zero attached hydrogens (tertiary/aromatic N) is 8. The van der Waals surface area contributed by atoms with Gasteiger partial charge in [0.1, 0.15) is 28.2 Å². The summed E-state index contributed by atoms with van der Waals surface area (Å²) in [6.45, 7) is 58.2. The standard InChI is InChI=1S/2C28H35N2O.2C27H33N2O/c1-16(2)13-20-15-30(8)25(14-23(20)17(3)4)26-19(7)9-10-21-22-11-12-24(18(5)6)29-28(22)31-27(21)26;1-16(2)13-20-14-25(30(8)15-23(20)17(3)4)26-19(7)9-10-21-22-11-12-24(18(5)6)29-28(22)31-27(21)26;1-8-20-10-12-22-21-11-9-18(6)25(26(21)30-27(22)28-20)24-14-23(17(4)5)19(13-16(2)3)15-29(24)7;1-8-20-10-12-22-21-11-9-18(6)25(26(21)30-27(22)28-20)24-14-19(13-16(2)3)23(17(4)5)15-29(24)7/h2*9-12,14-18H,13H2,1-8H3;2*9-12,14-17H,8,13H2,1-7H3/q4*+1. The molecule has 12 heterocycles. The molecular formula is C110H136N8O4+4. The van der Waals surface area contributed by atoms with Gasteiger partial charge in [0.2, 0.25) is 45.6 Å². The van der Waals surface area contributed by atoms with E-state index in [-0.39, 0.29) is 0 Å². The highest BCUT2D eigenvalue weighted by molar-refractivity contribution is 6.12. The van der Waals surface area contributed by atoms with Gasteiger partial charge in [-0.2, -0.15) is 0 Å². The van der Waals surface area contributed by atoms with Crippen LogP contribution in [-0.2, 0) is 66.7 Å². The van der Waals surface area contributed by atoms with E-state index in [4.69, 9.17) is 37.6 Å². The van der Waals surface area contributed by atoms with E-state index in [0.29, 0.717) is 59.2 Å². The fourth-order valence-electron chi connectivity index (χ4n) is 18.1. The predicted molar refractivity (Wildman–Crippen MR) is 509 cm³/mol. The summed E-state index contributed by atoms with van der Waals surface area (Å²) in [6, 6.07) is 44.1. The highest BCUT2D eigenvalue weighted by Gasteiger charge is 2.31. The third-order valence-electron chi connectivity index (χ3n) is 24.5. The van der Waals surface area contributed by atoms with E-state index in [2.05, 4.69) is 373 Å². The van der Waals surface area contributed by atoms with E-state index < -0.39 is 0 Å². The maximum Gasteiger partial charge on any atom is 0.227 e. The van der Waals surface area contributed by atoms with E-state index in [1.807, 2.05) is 0 Å². The molecule has 0 amide bonds. The third-order valence-corrected chi connectivity index (χ3v) is 24.5. The number of hydrogen-bond donors (Lipinski definition) is 0. The van der Waals surface area contributed by atoms with Gasteiger partial charge in [0.25, 0.3) is 0 Å². The second-order valence-corrected chi connectivity index (χ2v) is 38.5. The van der Waals surface area contributed by atoms with Gasteiger partial charge in [-0.05, 0) is 218 Å². The molecule has 16 rings (SSSR count). The minimum absolute atomic E-state index is 0.374. The molecule has 0 saturated heterocycles. The average Bonchev–Trinajstić information content (AvgIpc) is 1.45. The number of hydrogen-bond acceptors (Lipinski definition) is 8. The summed E-state index contributed by atoms with van der Waals surface area (Å²) in [4.78, 5) is 19.1. The van der Waals surface area contributed by atoms with Crippen LogP contribution < -0.4 is 18.3 Å². The van der Waals surface area contributed by atoms with Gasteiger partial charge in [0.05, 0.1) is 22.3 Å². The van der Waals surface area contributed by atoms with E-state index >= 15 is 0 Å². The molecule has 0 aliphatic carbocycles. The molecular weight excluding hydrogens is 1500 g/mol. The van der Waals surface area contributed by atoms with Crippen molar-refractivity contribution in [3.05, 3.63) is 236 Å². The SMILES string of the molecule is CCc1ccc2c(n1)oc1c(-c3cc(C(C)C)c(CC(C)C)c[n+]3C)c(C)ccc12.CCc1ccc2c(n1)oc1c(-c3cc(CC(C)C)c(C(C)C)c[n+]3C)c(C)ccc12.Cc1ccc2c(oc3nc(C(C)C)ccc32)c1-c1cc(C(C)C)c(CC(C)C)c[n+]1C.Cc1ccc2c(oc3nc(C(C)C)ccc32)c1-c1cc(CC(C)C)c(C(C)C)c[n+]1C. The molecule has 0 unspecified atom stereocenters. The lowest BCUT2D eigenvalue weighted by molar-refractivity contribution is -0.661. The molecule has 0 aliphatic heterocycles. The zero-order chi connectivity index (χ0) is 88.0. The maximum absolute atomic E-state index is 6.44. The first-order valence-electron chi connectivity index (χ1n) is 45.3. The van der Waals surface area contributed by atoms with Crippen LogP contribution >= 0.6 is 0 Å². The molecule has 0 saturated carbocycles. The largest absolute Gasteiger partial charge is 0.437 e. The van der Waals surface area contributed by atoms with E-state index in [1.165, 1.54) is 112 Å². The van der Waals surface area contributed by atoms with Crippen molar-refractivity contribution >= 4 is 88.3 Å². The van der Waals surface area contributed by atoms with Crippen molar-refractivity contribution < 1.29 is 35.9 Å². The second-order valence-electron chi connectivity index (χ2n) is 38.5. The minimum Gasteiger partial charge on any atom is -0.437 e. The Labute approximate surface area is 726 Å². The van der Waals surface area contributed by atoms with Crippen molar-refractivity contribution in [1.82, 2.24) is 19.9 Å². The first-order valence-corrected chi connectivity index (χ1v) is 45.3. The predicted octanol–water partition coefficient (Wildman–Crippen LogP) is 27.8. The quantitative estimate of drug-likeness (QED) is 0.0692. The van der Waals surface area contributed by atoms with Gasteiger partial charge in [-0.15, -0.1) is 0 Å². The van der Waals surface area contributed by atoms with Crippen LogP contribution in [0.4, 0.5) is 0 Å². The number of benzene rings is 4. The Hall–Kier alpha value is -10.7. The topological polar surface area (TPSA) is 120 Å². The van der Waals surface area contributed by atoms with Crippen molar-refractivity contribution in [3.8, 4) is 45.0 Å². The molecule has 12 heteroatoms. The summed E-state index contributed by atoms with van der Waals surface area (Å²) in [5.74, 6) is 5.18. The molecule has 0 fully saturated rings. The summed E-state index contributed by atoms with van der Waals surface area (Å²) in [5.41, 5.74) is 36.8. The number of fused-ring (bicyclic) bond motifs is 12. The Bertz CT molecular complexity index is 6560. The molecule has 12 aromatic heterocycles. The summed E-state index contributed by atoms with van der Waals surface area (Å²) < 4.78 is 34.7. The van der Waals surface area contributed by atoms with Crippen LogP contribution in [0.1, 0.15) is 277 Å². The average molecular weight is 1630 g/mol. The molecule has 0 N–H and O–H groups in total. The number of aromatic nitrogens is 8. The first kappa shape index (κ1) is 89.0. The zero-order valence-electron chi connectivity index (χ0n) is 79.1. The molecule has 0 bridgehead atoms.